The second kappa shape index (κ2) is 7.36. The fraction of sp³-hybridized carbons (Fsp3) is 0.467. The molecule has 0 aliphatic heterocycles. The second-order valence-electron chi connectivity index (χ2n) is 5.59. The van der Waals surface area contributed by atoms with Gasteiger partial charge in [-0.3, -0.25) is 9.48 Å². The molecule has 2 N–H and O–H groups in total. The van der Waals surface area contributed by atoms with Gasteiger partial charge in [-0.05, 0) is 18.1 Å². The number of carbonyl (C=O) groups is 1. The standard InChI is InChI=1S/C15H19F2N3O3/c1-9(2)7-20-8-10(14(16)17)13(19-20)15(22)18-6-11(21)12-4-3-5-23-12/h3-5,8-9,11,14,21H,6-7H2,1-2H3,(H,18,22). The van der Waals surface area contributed by atoms with Gasteiger partial charge < -0.3 is 14.8 Å². The van der Waals surface area contributed by atoms with Crippen LogP contribution < -0.4 is 5.32 Å². The number of alkyl halides is 2. The summed E-state index contributed by atoms with van der Waals surface area (Å²) >= 11 is 0. The fourth-order valence-corrected chi connectivity index (χ4v) is 2.10. The molecule has 0 saturated heterocycles. The predicted octanol–water partition coefficient (Wildman–Crippen LogP) is 2.53. The highest BCUT2D eigenvalue weighted by atomic mass is 19.3. The average molecular weight is 327 g/mol. The number of nitrogens with zero attached hydrogens (tertiary/aromatic N) is 2. The van der Waals surface area contributed by atoms with Crippen LogP contribution in [-0.4, -0.2) is 27.3 Å². The van der Waals surface area contributed by atoms with Gasteiger partial charge in [-0.15, -0.1) is 0 Å². The van der Waals surface area contributed by atoms with Gasteiger partial charge in [-0.2, -0.15) is 5.10 Å². The van der Waals surface area contributed by atoms with E-state index in [1.54, 1.807) is 12.1 Å². The number of carbonyl (C=O) groups excluding carboxylic acids is 1. The highest BCUT2D eigenvalue weighted by Gasteiger charge is 2.24. The van der Waals surface area contributed by atoms with Gasteiger partial charge >= 0.3 is 0 Å². The maximum absolute atomic E-state index is 13.1. The van der Waals surface area contributed by atoms with E-state index in [9.17, 15) is 18.7 Å². The van der Waals surface area contributed by atoms with Crippen LogP contribution in [0.5, 0.6) is 0 Å². The molecule has 2 aromatic heterocycles. The molecule has 126 valence electrons. The number of amides is 1. The van der Waals surface area contributed by atoms with E-state index in [0.717, 1.165) is 0 Å². The van der Waals surface area contributed by atoms with E-state index in [2.05, 4.69) is 10.4 Å². The van der Waals surface area contributed by atoms with Crippen LogP contribution in [0.1, 0.15) is 48.2 Å². The van der Waals surface area contributed by atoms with Gasteiger partial charge in [0.25, 0.3) is 12.3 Å². The smallest absolute Gasteiger partial charge is 0.272 e. The molecule has 0 aliphatic rings. The molecule has 8 heteroatoms. The van der Waals surface area contributed by atoms with Crippen LogP contribution in [-0.2, 0) is 6.54 Å². The van der Waals surface area contributed by atoms with Crippen LogP contribution >= 0.6 is 0 Å². The fourth-order valence-electron chi connectivity index (χ4n) is 2.10. The first kappa shape index (κ1) is 17.1. The third kappa shape index (κ3) is 4.38. The Bertz CT molecular complexity index is 638. The van der Waals surface area contributed by atoms with Crippen LogP contribution in [0.3, 0.4) is 0 Å². The molecule has 0 radical (unpaired) electrons. The Labute approximate surface area is 132 Å². The number of hydrogen-bond acceptors (Lipinski definition) is 4. The largest absolute Gasteiger partial charge is 0.467 e. The van der Waals surface area contributed by atoms with Crippen LogP contribution in [0.25, 0.3) is 0 Å². The molecule has 6 nitrogen and oxygen atoms in total. The number of nitrogens with one attached hydrogen (secondary N) is 1. The Kier molecular flexibility index (Phi) is 5.49. The molecule has 2 heterocycles. The predicted molar refractivity (Wildman–Crippen MR) is 78.0 cm³/mol. The Balaban J connectivity index is 2.07. The quantitative estimate of drug-likeness (QED) is 0.819. The molecule has 0 aromatic carbocycles. The number of aliphatic hydroxyl groups excluding tert-OH is 1. The molecule has 23 heavy (non-hydrogen) atoms. The summed E-state index contributed by atoms with van der Waals surface area (Å²) in [4.78, 5) is 12.1. The van der Waals surface area contributed by atoms with Crippen molar-refractivity contribution in [3.8, 4) is 0 Å². The zero-order valence-electron chi connectivity index (χ0n) is 12.9. The van der Waals surface area contributed by atoms with Gasteiger partial charge in [0.15, 0.2) is 5.69 Å². The summed E-state index contributed by atoms with van der Waals surface area (Å²) < 4.78 is 32.5. The Morgan fingerprint density at radius 3 is 2.78 bits per heavy atom. The van der Waals surface area contributed by atoms with Crippen molar-refractivity contribution in [3.63, 3.8) is 0 Å². The lowest BCUT2D eigenvalue weighted by Gasteiger charge is -2.09. The summed E-state index contributed by atoms with van der Waals surface area (Å²) in [5.41, 5.74) is -0.747. The van der Waals surface area contributed by atoms with Crippen molar-refractivity contribution < 1.29 is 23.1 Å². The second-order valence-corrected chi connectivity index (χ2v) is 5.59. The van der Waals surface area contributed by atoms with Crippen molar-refractivity contribution in [2.45, 2.75) is 32.9 Å². The lowest BCUT2D eigenvalue weighted by molar-refractivity contribution is 0.0884. The van der Waals surface area contributed by atoms with E-state index in [-0.39, 0.29) is 23.9 Å². The minimum absolute atomic E-state index is 0.161. The van der Waals surface area contributed by atoms with E-state index in [4.69, 9.17) is 4.42 Å². The maximum atomic E-state index is 13.1. The van der Waals surface area contributed by atoms with Crippen LogP contribution in [0.15, 0.2) is 29.0 Å². The Morgan fingerprint density at radius 2 is 2.22 bits per heavy atom. The Morgan fingerprint density at radius 1 is 1.48 bits per heavy atom. The number of hydrogen-bond donors (Lipinski definition) is 2. The van der Waals surface area contributed by atoms with Crippen LogP contribution in [0.2, 0.25) is 0 Å². The highest BCUT2D eigenvalue weighted by molar-refractivity contribution is 5.93. The molecule has 0 spiro atoms. The molecule has 0 fully saturated rings. The molecular formula is C15H19F2N3O3. The topological polar surface area (TPSA) is 80.3 Å². The van der Waals surface area contributed by atoms with Crippen molar-refractivity contribution in [2.75, 3.05) is 6.54 Å². The lowest BCUT2D eigenvalue weighted by atomic mass is 10.2. The minimum Gasteiger partial charge on any atom is -0.467 e. The number of aromatic nitrogens is 2. The van der Waals surface area contributed by atoms with Crippen molar-refractivity contribution in [3.05, 3.63) is 41.6 Å². The van der Waals surface area contributed by atoms with Gasteiger partial charge in [0.1, 0.15) is 11.9 Å². The van der Waals surface area contributed by atoms with Crippen molar-refractivity contribution >= 4 is 5.91 Å². The number of aliphatic hydroxyl groups is 1. The number of rotatable bonds is 7. The van der Waals surface area contributed by atoms with Gasteiger partial charge in [0, 0.05) is 12.7 Å². The molecule has 0 saturated carbocycles. The van der Waals surface area contributed by atoms with E-state index in [1.807, 2.05) is 13.8 Å². The highest BCUT2D eigenvalue weighted by Crippen LogP contribution is 2.22. The minimum atomic E-state index is -2.80. The van der Waals surface area contributed by atoms with Gasteiger partial charge in [0.2, 0.25) is 0 Å². The summed E-state index contributed by atoms with van der Waals surface area (Å²) in [5, 5.41) is 16.1. The molecule has 1 amide bonds. The van der Waals surface area contributed by atoms with Crippen molar-refractivity contribution in [2.24, 2.45) is 5.92 Å². The van der Waals surface area contributed by atoms with E-state index in [0.29, 0.717) is 6.54 Å². The van der Waals surface area contributed by atoms with E-state index < -0.39 is 24.0 Å². The SMILES string of the molecule is CC(C)Cn1cc(C(F)F)c(C(=O)NCC(O)c2ccco2)n1. The van der Waals surface area contributed by atoms with Gasteiger partial charge in [-0.25, -0.2) is 8.78 Å². The summed E-state index contributed by atoms with van der Waals surface area (Å²) in [5.74, 6) is -0.268. The molecule has 2 aromatic rings. The molecule has 1 atom stereocenters. The third-order valence-electron chi connectivity index (χ3n) is 3.12. The van der Waals surface area contributed by atoms with E-state index >= 15 is 0 Å². The normalized spacial score (nSPS) is 12.8. The third-order valence-corrected chi connectivity index (χ3v) is 3.12. The number of halogens is 2. The zero-order valence-corrected chi connectivity index (χ0v) is 12.9. The molecule has 1 unspecified atom stereocenters. The maximum Gasteiger partial charge on any atom is 0.272 e. The number of furan rings is 1. The summed E-state index contributed by atoms with van der Waals surface area (Å²) in [6, 6.07) is 3.15. The monoisotopic (exact) mass is 327 g/mol. The molecule has 0 bridgehead atoms. The summed E-state index contributed by atoms with van der Waals surface area (Å²) in [6.07, 6.45) is -1.28. The van der Waals surface area contributed by atoms with Crippen LogP contribution in [0, 0.1) is 5.92 Å². The zero-order chi connectivity index (χ0) is 17.0. The lowest BCUT2D eigenvalue weighted by Crippen LogP contribution is -2.29. The average Bonchev–Trinajstić information content (AvgIpc) is 3.12. The first-order chi connectivity index (χ1) is 10.9. The van der Waals surface area contributed by atoms with Crippen molar-refractivity contribution in [1.29, 1.82) is 0 Å². The van der Waals surface area contributed by atoms with Gasteiger partial charge in [-0.1, -0.05) is 13.8 Å². The van der Waals surface area contributed by atoms with Crippen molar-refractivity contribution in [1.82, 2.24) is 15.1 Å². The summed E-state index contributed by atoms with van der Waals surface area (Å²) in [7, 11) is 0. The van der Waals surface area contributed by atoms with Gasteiger partial charge in [0.05, 0.1) is 18.4 Å². The Hall–Kier alpha value is -2.22. The molecule has 0 aliphatic carbocycles. The first-order valence-electron chi connectivity index (χ1n) is 7.23. The van der Waals surface area contributed by atoms with Crippen LogP contribution in [0.4, 0.5) is 8.78 Å². The molecular weight excluding hydrogens is 308 g/mol. The summed E-state index contributed by atoms with van der Waals surface area (Å²) in [6.45, 7) is 4.11. The van der Waals surface area contributed by atoms with E-state index in [1.165, 1.54) is 17.1 Å². The molecule has 2 rings (SSSR count). The first-order valence-corrected chi connectivity index (χ1v) is 7.23.